The fourth-order valence-electron chi connectivity index (χ4n) is 5.93. The fraction of sp³-hybridized carbons (Fsp3) is 0.897. The molecule has 3 atom stereocenters. The van der Waals surface area contributed by atoms with E-state index in [0.717, 1.165) is 25.7 Å². The van der Waals surface area contributed by atoms with Gasteiger partial charge in [-0.25, -0.2) is 0 Å². The second-order valence-electron chi connectivity index (χ2n) is 14.4. The Morgan fingerprint density at radius 2 is 0.886 bits per heavy atom. The van der Waals surface area contributed by atoms with E-state index in [-0.39, 0.29) is 25.7 Å². The van der Waals surface area contributed by atoms with Gasteiger partial charge in [-0.1, -0.05) is 154 Å². The molecule has 260 valence electrons. The minimum absolute atomic E-state index is 0.00986. The van der Waals surface area contributed by atoms with Crippen LogP contribution in [0.2, 0.25) is 0 Å². The molecule has 0 amide bonds. The van der Waals surface area contributed by atoms with Crippen LogP contribution in [0, 0.1) is 0 Å². The van der Waals surface area contributed by atoms with Crippen LogP contribution in [0.4, 0.5) is 0 Å². The number of carbonyl (C=O) groups is 2. The summed E-state index contributed by atoms with van der Waals surface area (Å²) < 4.78 is 0.446. The molecule has 5 heteroatoms. The van der Waals surface area contributed by atoms with Crippen molar-refractivity contribution in [3.05, 3.63) is 12.2 Å². The Labute approximate surface area is 277 Å². The van der Waals surface area contributed by atoms with Gasteiger partial charge in [0.25, 0.3) is 0 Å². The Hall–Kier alpha value is -0.570. The number of aliphatic hydroxyl groups is 1. The zero-order chi connectivity index (χ0) is 32.7. The van der Waals surface area contributed by atoms with E-state index in [1.165, 1.54) is 141 Å². The van der Waals surface area contributed by atoms with Gasteiger partial charge in [0.2, 0.25) is 0 Å². The molecule has 0 fully saturated rings. The predicted octanol–water partition coefficient (Wildman–Crippen LogP) is 11.7. The maximum absolute atomic E-state index is 12.8. The van der Waals surface area contributed by atoms with Crippen molar-refractivity contribution in [1.29, 1.82) is 0 Å². The average Bonchev–Trinajstić information content (AvgIpc) is 2.99. The van der Waals surface area contributed by atoms with Crippen LogP contribution in [-0.4, -0.2) is 53.9 Å². The summed E-state index contributed by atoms with van der Waals surface area (Å²) in [4.78, 5) is 25.7. The molecule has 0 aromatic heterocycles. The highest BCUT2D eigenvalue weighted by Crippen LogP contribution is 2.32. The summed E-state index contributed by atoms with van der Waals surface area (Å²) in [6, 6.07) is 0. The van der Waals surface area contributed by atoms with Gasteiger partial charge in [-0.2, -0.15) is 0 Å². The predicted molar refractivity (Wildman–Crippen MR) is 196 cm³/mol. The van der Waals surface area contributed by atoms with E-state index in [1.54, 1.807) is 0 Å². The van der Waals surface area contributed by atoms with Crippen LogP contribution < -0.4 is 0 Å². The lowest BCUT2D eigenvalue weighted by molar-refractivity contribution is -0.883. The van der Waals surface area contributed by atoms with E-state index in [2.05, 4.69) is 26.0 Å². The molecule has 0 saturated carbocycles. The number of unbranched alkanes of at least 4 members (excludes halogenated alkanes) is 23. The number of ketones is 1. The summed E-state index contributed by atoms with van der Waals surface area (Å²) in [5.74, 6) is -0.410. The third kappa shape index (κ3) is 27.7. The summed E-state index contributed by atoms with van der Waals surface area (Å²) in [6.07, 6.45) is 37.5. The van der Waals surface area contributed by atoms with Gasteiger partial charge in [0.05, 0.1) is 21.1 Å². The van der Waals surface area contributed by atoms with Crippen LogP contribution in [-0.2, 0) is 9.59 Å². The number of hydrogen-bond acceptors (Lipinski definition) is 3. The first-order valence-corrected chi connectivity index (χ1v) is 20.3. The SMILES string of the molecule is CCCCCCCC/C=C\CCCCCCCC(=O)PC(C(O)C(=O)CCCCCCCCCCCCCCC)[N+](C)(C)C. The van der Waals surface area contributed by atoms with Crippen molar-refractivity contribution in [3.8, 4) is 0 Å². The third-order valence-corrected chi connectivity index (χ3v) is 10.9. The molecular weight excluding hydrogens is 561 g/mol. The highest BCUT2D eigenvalue weighted by molar-refractivity contribution is 7.58. The van der Waals surface area contributed by atoms with Crippen LogP contribution in [0.15, 0.2) is 12.2 Å². The summed E-state index contributed by atoms with van der Waals surface area (Å²) in [6.45, 7) is 4.54. The summed E-state index contributed by atoms with van der Waals surface area (Å²) >= 11 is 0. The lowest BCUT2D eigenvalue weighted by Crippen LogP contribution is -2.52. The molecule has 0 aliphatic carbocycles. The zero-order valence-corrected chi connectivity index (χ0v) is 31.3. The summed E-state index contributed by atoms with van der Waals surface area (Å²) in [7, 11) is 5.97. The van der Waals surface area contributed by atoms with Crippen molar-refractivity contribution in [2.45, 2.75) is 206 Å². The highest BCUT2D eigenvalue weighted by atomic mass is 31.1. The van der Waals surface area contributed by atoms with Gasteiger partial charge in [-0.05, 0) is 38.5 Å². The van der Waals surface area contributed by atoms with Crippen molar-refractivity contribution >= 4 is 19.9 Å². The van der Waals surface area contributed by atoms with Gasteiger partial charge in [0.15, 0.2) is 17.4 Å². The van der Waals surface area contributed by atoms with Crippen LogP contribution in [0.3, 0.4) is 0 Å². The van der Waals surface area contributed by atoms with Gasteiger partial charge in [0, 0.05) is 21.4 Å². The van der Waals surface area contributed by atoms with Crippen molar-refractivity contribution in [3.63, 3.8) is 0 Å². The van der Waals surface area contributed by atoms with E-state index < -0.39 is 6.10 Å². The Morgan fingerprint density at radius 1 is 0.545 bits per heavy atom. The Balaban J connectivity index is 3.96. The Kier molecular flexibility index (Phi) is 30.6. The minimum atomic E-state index is -1.04. The second kappa shape index (κ2) is 31.1. The molecule has 0 aromatic carbocycles. The fourth-order valence-corrected chi connectivity index (χ4v) is 7.31. The first-order valence-electron chi connectivity index (χ1n) is 19.2. The monoisotopic (exact) mass is 639 g/mol. The molecule has 0 aliphatic rings. The first-order chi connectivity index (χ1) is 21.2. The van der Waals surface area contributed by atoms with Crippen molar-refractivity contribution < 1.29 is 19.2 Å². The smallest absolute Gasteiger partial charge is 0.168 e. The first kappa shape index (κ1) is 43.4. The van der Waals surface area contributed by atoms with E-state index in [9.17, 15) is 14.7 Å². The molecular formula is C39H77NO3P+. The molecule has 0 radical (unpaired) electrons. The van der Waals surface area contributed by atoms with Gasteiger partial charge >= 0.3 is 0 Å². The normalized spacial score (nSPS) is 13.8. The van der Waals surface area contributed by atoms with Crippen molar-refractivity contribution in [2.24, 2.45) is 0 Å². The molecule has 0 rings (SSSR count). The molecule has 0 aromatic rings. The van der Waals surface area contributed by atoms with Crippen LogP contribution in [0.5, 0.6) is 0 Å². The van der Waals surface area contributed by atoms with E-state index >= 15 is 0 Å². The molecule has 1 N–H and O–H groups in total. The Bertz CT molecular complexity index is 687. The van der Waals surface area contributed by atoms with Gasteiger partial charge in [-0.3, -0.25) is 9.59 Å². The van der Waals surface area contributed by atoms with E-state index in [0.29, 0.717) is 17.3 Å². The minimum Gasteiger partial charge on any atom is -0.379 e. The standard InChI is InChI=1S/C39H77NO3P/c1-6-8-10-12-14-16-18-20-21-23-25-27-29-31-33-35-37(42)44-39(40(3,4)5)38(43)36(41)34-32-30-28-26-24-22-19-17-15-13-11-9-7-2/h20-21,38-39,43-44H,6-19,22-35H2,1-5H3/q+1/b21-20-. The molecule has 0 aliphatic heterocycles. The lowest BCUT2D eigenvalue weighted by Gasteiger charge is -2.36. The number of carbonyl (C=O) groups excluding carboxylic acids is 2. The van der Waals surface area contributed by atoms with Crippen molar-refractivity contribution in [1.82, 2.24) is 0 Å². The van der Waals surface area contributed by atoms with Crippen LogP contribution in [0.1, 0.15) is 194 Å². The molecule has 3 unspecified atom stereocenters. The molecule has 4 nitrogen and oxygen atoms in total. The largest absolute Gasteiger partial charge is 0.379 e. The van der Waals surface area contributed by atoms with Crippen molar-refractivity contribution in [2.75, 3.05) is 21.1 Å². The number of nitrogens with zero attached hydrogens (tertiary/aromatic N) is 1. The number of aliphatic hydroxyl groups excluding tert-OH is 1. The number of quaternary nitrogens is 1. The topological polar surface area (TPSA) is 54.4 Å². The van der Waals surface area contributed by atoms with E-state index in [4.69, 9.17) is 0 Å². The number of rotatable bonds is 34. The number of Topliss-reactive ketones (excluding diaryl/α,β-unsaturated/α-hetero) is 1. The maximum Gasteiger partial charge on any atom is 0.168 e. The van der Waals surface area contributed by atoms with Gasteiger partial charge in [0.1, 0.15) is 5.78 Å². The van der Waals surface area contributed by atoms with Gasteiger partial charge < -0.3 is 9.59 Å². The molecule has 0 spiro atoms. The zero-order valence-electron chi connectivity index (χ0n) is 30.3. The molecule has 0 saturated heterocycles. The van der Waals surface area contributed by atoms with Gasteiger partial charge in [-0.15, -0.1) is 0 Å². The maximum atomic E-state index is 12.8. The Morgan fingerprint density at radius 3 is 1.27 bits per heavy atom. The summed E-state index contributed by atoms with van der Waals surface area (Å²) in [5.41, 5.74) is 0.216. The lowest BCUT2D eigenvalue weighted by atomic mass is 10.0. The number of allylic oxidation sites excluding steroid dienone is 2. The molecule has 44 heavy (non-hydrogen) atoms. The number of likely N-dealkylation sites (N-methyl/N-ethyl adjacent to an activating group) is 1. The highest BCUT2D eigenvalue weighted by Gasteiger charge is 2.37. The molecule has 0 heterocycles. The summed E-state index contributed by atoms with van der Waals surface area (Å²) in [5, 5.41) is 10.9. The van der Waals surface area contributed by atoms with Crippen LogP contribution in [0.25, 0.3) is 0 Å². The number of hydrogen-bond donors (Lipinski definition) is 1. The average molecular weight is 639 g/mol. The van der Waals surface area contributed by atoms with E-state index in [1.807, 2.05) is 21.1 Å². The van der Waals surface area contributed by atoms with Crippen LogP contribution >= 0.6 is 8.58 Å². The third-order valence-electron chi connectivity index (χ3n) is 8.96. The second-order valence-corrected chi connectivity index (χ2v) is 15.8. The quantitative estimate of drug-likeness (QED) is 0.0330. The molecule has 0 bridgehead atoms.